The summed E-state index contributed by atoms with van der Waals surface area (Å²) in [5, 5.41) is 0. The fraction of sp³-hybridized carbons (Fsp3) is 0.267. The lowest BCUT2D eigenvalue weighted by Crippen LogP contribution is -1.93. The van der Waals surface area contributed by atoms with Crippen molar-refractivity contribution in [1.29, 1.82) is 0 Å². The van der Waals surface area contributed by atoms with Crippen LogP contribution in [0.3, 0.4) is 0 Å². The molecule has 0 aliphatic rings. The van der Waals surface area contributed by atoms with E-state index in [9.17, 15) is 0 Å². The Morgan fingerprint density at radius 2 is 1.59 bits per heavy atom. The molecule has 2 aromatic rings. The van der Waals surface area contributed by atoms with Crippen LogP contribution in [0.5, 0.6) is 5.75 Å². The molecule has 0 aliphatic heterocycles. The fourth-order valence-corrected chi connectivity index (χ4v) is 2.17. The molecule has 0 saturated heterocycles. The summed E-state index contributed by atoms with van der Waals surface area (Å²) in [6.07, 6.45) is 3.82. The fourth-order valence-electron chi connectivity index (χ4n) is 2.17. The zero-order valence-corrected chi connectivity index (χ0v) is 10.7. The Bertz CT molecular complexity index is 526. The summed E-state index contributed by atoms with van der Waals surface area (Å²) < 4.78 is 5.23. The second kappa shape index (κ2) is 4.58. The maximum Gasteiger partial charge on any atom is 0.119 e. The van der Waals surface area contributed by atoms with E-state index >= 15 is 0 Å². The molecule has 0 fully saturated rings. The van der Waals surface area contributed by atoms with Gasteiger partial charge in [-0.15, -0.1) is 0 Å². The number of rotatable bonds is 2. The average Bonchev–Trinajstić information content (AvgIpc) is 2.30. The maximum absolute atomic E-state index is 5.23. The highest BCUT2D eigenvalue weighted by Gasteiger charge is 2.09. The Morgan fingerprint density at radius 3 is 2.12 bits per heavy atom. The first kappa shape index (κ1) is 11.6. The van der Waals surface area contributed by atoms with Gasteiger partial charge in [0.05, 0.1) is 7.11 Å². The van der Waals surface area contributed by atoms with Crippen LogP contribution in [0, 0.1) is 20.8 Å². The van der Waals surface area contributed by atoms with Gasteiger partial charge in [-0.3, -0.25) is 4.98 Å². The van der Waals surface area contributed by atoms with Crippen LogP contribution < -0.4 is 4.74 Å². The second-order valence-electron chi connectivity index (χ2n) is 4.33. The Morgan fingerprint density at radius 1 is 0.941 bits per heavy atom. The van der Waals surface area contributed by atoms with Crippen LogP contribution in [0.25, 0.3) is 11.1 Å². The Labute approximate surface area is 102 Å². The average molecular weight is 227 g/mol. The minimum atomic E-state index is 0.899. The maximum atomic E-state index is 5.23. The zero-order valence-electron chi connectivity index (χ0n) is 10.7. The standard InChI is InChI=1S/C15H17NO/c1-10-7-13(17-4)5-6-14(10)15-11(2)8-16-9-12(15)3/h5-9H,1-4H3. The van der Waals surface area contributed by atoms with E-state index in [1.807, 2.05) is 18.5 Å². The zero-order chi connectivity index (χ0) is 12.4. The molecule has 0 amide bonds. The molecule has 2 rings (SSSR count). The van der Waals surface area contributed by atoms with Crippen LogP contribution >= 0.6 is 0 Å². The summed E-state index contributed by atoms with van der Waals surface area (Å²) >= 11 is 0. The second-order valence-corrected chi connectivity index (χ2v) is 4.33. The lowest BCUT2D eigenvalue weighted by atomic mass is 9.94. The molecule has 2 nitrogen and oxygen atoms in total. The highest BCUT2D eigenvalue weighted by atomic mass is 16.5. The third-order valence-electron chi connectivity index (χ3n) is 3.03. The molecule has 17 heavy (non-hydrogen) atoms. The highest BCUT2D eigenvalue weighted by molar-refractivity contribution is 5.73. The molecular weight excluding hydrogens is 210 g/mol. The molecular formula is C15H17NO. The molecule has 0 atom stereocenters. The highest BCUT2D eigenvalue weighted by Crippen LogP contribution is 2.31. The lowest BCUT2D eigenvalue weighted by Gasteiger charge is -2.13. The van der Waals surface area contributed by atoms with Gasteiger partial charge in [0.2, 0.25) is 0 Å². The molecule has 1 aromatic heterocycles. The van der Waals surface area contributed by atoms with Gasteiger partial charge < -0.3 is 4.74 Å². The van der Waals surface area contributed by atoms with E-state index in [1.54, 1.807) is 7.11 Å². The number of aryl methyl sites for hydroxylation is 3. The number of aromatic nitrogens is 1. The predicted octanol–water partition coefficient (Wildman–Crippen LogP) is 3.68. The van der Waals surface area contributed by atoms with Gasteiger partial charge in [-0.25, -0.2) is 0 Å². The predicted molar refractivity (Wildman–Crippen MR) is 70.4 cm³/mol. The normalized spacial score (nSPS) is 10.4. The van der Waals surface area contributed by atoms with Gasteiger partial charge in [0, 0.05) is 12.4 Å². The number of benzene rings is 1. The van der Waals surface area contributed by atoms with Gasteiger partial charge in [0.1, 0.15) is 5.75 Å². The summed E-state index contributed by atoms with van der Waals surface area (Å²) in [4.78, 5) is 4.21. The molecule has 0 aliphatic carbocycles. The van der Waals surface area contributed by atoms with Gasteiger partial charge in [0.15, 0.2) is 0 Å². The number of nitrogens with zero attached hydrogens (tertiary/aromatic N) is 1. The van der Waals surface area contributed by atoms with E-state index in [4.69, 9.17) is 4.74 Å². The van der Waals surface area contributed by atoms with Gasteiger partial charge in [-0.05, 0) is 60.7 Å². The Kier molecular flexibility index (Phi) is 3.14. The van der Waals surface area contributed by atoms with Crippen molar-refractivity contribution in [3.63, 3.8) is 0 Å². The van der Waals surface area contributed by atoms with E-state index in [2.05, 4.69) is 37.9 Å². The Balaban J connectivity index is 2.61. The largest absolute Gasteiger partial charge is 0.497 e. The van der Waals surface area contributed by atoms with Crippen molar-refractivity contribution in [2.45, 2.75) is 20.8 Å². The molecule has 0 radical (unpaired) electrons. The van der Waals surface area contributed by atoms with Crippen molar-refractivity contribution in [1.82, 2.24) is 4.98 Å². The third kappa shape index (κ3) is 2.16. The van der Waals surface area contributed by atoms with Crippen molar-refractivity contribution in [3.05, 3.63) is 47.3 Å². The molecule has 1 aromatic carbocycles. The topological polar surface area (TPSA) is 22.1 Å². The quantitative estimate of drug-likeness (QED) is 0.780. The Hall–Kier alpha value is -1.83. The minimum absolute atomic E-state index is 0.899. The van der Waals surface area contributed by atoms with Crippen molar-refractivity contribution in [3.8, 4) is 16.9 Å². The smallest absolute Gasteiger partial charge is 0.119 e. The summed E-state index contributed by atoms with van der Waals surface area (Å²) in [6.45, 7) is 6.30. The molecule has 1 heterocycles. The van der Waals surface area contributed by atoms with Crippen LogP contribution in [0.4, 0.5) is 0 Å². The summed E-state index contributed by atoms with van der Waals surface area (Å²) in [5.41, 5.74) is 6.17. The molecule has 0 N–H and O–H groups in total. The van der Waals surface area contributed by atoms with Crippen molar-refractivity contribution in [2.24, 2.45) is 0 Å². The molecule has 88 valence electrons. The number of pyridine rings is 1. The van der Waals surface area contributed by atoms with E-state index in [1.165, 1.54) is 27.8 Å². The third-order valence-corrected chi connectivity index (χ3v) is 3.03. The van der Waals surface area contributed by atoms with Crippen LogP contribution in [-0.4, -0.2) is 12.1 Å². The van der Waals surface area contributed by atoms with Gasteiger partial charge >= 0.3 is 0 Å². The van der Waals surface area contributed by atoms with Gasteiger partial charge in [-0.1, -0.05) is 6.07 Å². The van der Waals surface area contributed by atoms with E-state index in [0.29, 0.717) is 0 Å². The number of hydrogen-bond donors (Lipinski definition) is 0. The van der Waals surface area contributed by atoms with Crippen LogP contribution in [0.15, 0.2) is 30.6 Å². The monoisotopic (exact) mass is 227 g/mol. The minimum Gasteiger partial charge on any atom is -0.497 e. The van der Waals surface area contributed by atoms with Crippen LogP contribution in [0.1, 0.15) is 16.7 Å². The van der Waals surface area contributed by atoms with E-state index in [0.717, 1.165) is 5.75 Å². The van der Waals surface area contributed by atoms with Gasteiger partial charge in [0.25, 0.3) is 0 Å². The summed E-state index contributed by atoms with van der Waals surface area (Å²) in [6, 6.07) is 6.18. The molecule has 2 heteroatoms. The molecule has 0 bridgehead atoms. The lowest BCUT2D eigenvalue weighted by molar-refractivity contribution is 0.414. The molecule has 0 spiro atoms. The summed E-state index contributed by atoms with van der Waals surface area (Å²) in [7, 11) is 1.69. The van der Waals surface area contributed by atoms with E-state index < -0.39 is 0 Å². The first-order chi connectivity index (χ1) is 8.13. The summed E-state index contributed by atoms with van der Waals surface area (Å²) in [5.74, 6) is 0.899. The number of hydrogen-bond acceptors (Lipinski definition) is 2. The number of ether oxygens (including phenoxy) is 1. The van der Waals surface area contributed by atoms with Crippen molar-refractivity contribution in [2.75, 3.05) is 7.11 Å². The van der Waals surface area contributed by atoms with Gasteiger partial charge in [-0.2, -0.15) is 0 Å². The number of methoxy groups -OCH3 is 1. The first-order valence-corrected chi connectivity index (χ1v) is 5.69. The van der Waals surface area contributed by atoms with E-state index in [-0.39, 0.29) is 0 Å². The van der Waals surface area contributed by atoms with Crippen molar-refractivity contribution < 1.29 is 4.74 Å². The van der Waals surface area contributed by atoms with Crippen LogP contribution in [-0.2, 0) is 0 Å². The molecule has 0 unspecified atom stereocenters. The van der Waals surface area contributed by atoms with Crippen LogP contribution in [0.2, 0.25) is 0 Å². The van der Waals surface area contributed by atoms with Crippen molar-refractivity contribution >= 4 is 0 Å². The SMILES string of the molecule is COc1ccc(-c2c(C)cncc2C)c(C)c1. The first-order valence-electron chi connectivity index (χ1n) is 5.69. The molecule has 0 saturated carbocycles.